The van der Waals surface area contributed by atoms with Gasteiger partial charge in [0.25, 0.3) is 0 Å². The number of pyridine rings is 1. The molecule has 0 aliphatic carbocycles. The summed E-state index contributed by atoms with van der Waals surface area (Å²) in [6.07, 6.45) is 3.76. The minimum Gasteiger partial charge on any atom is -0.487 e. The highest BCUT2D eigenvalue weighted by Gasteiger charge is 2.14. The molecule has 1 aromatic heterocycles. The average molecular weight is 387 g/mol. The van der Waals surface area contributed by atoms with Gasteiger partial charge in [0, 0.05) is 34.1 Å². The van der Waals surface area contributed by atoms with Crippen LogP contribution in [0.15, 0.2) is 48.5 Å². The molecule has 134 valence electrons. The molecule has 5 heteroatoms. The number of rotatable bonds is 4. The Morgan fingerprint density at radius 2 is 1.81 bits per heavy atom. The van der Waals surface area contributed by atoms with Gasteiger partial charge in [-0.1, -0.05) is 41.4 Å². The number of hydrogen-bond acceptors (Lipinski definition) is 3. The van der Waals surface area contributed by atoms with E-state index in [0.29, 0.717) is 16.7 Å². The van der Waals surface area contributed by atoms with Crippen LogP contribution >= 0.6 is 23.2 Å². The molecule has 0 N–H and O–H groups in total. The molecule has 0 bridgehead atoms. The molecule has 0 unspecified atom stereocenters. The maximum Gasteiger partial charge on any atom is 0.146 e. The van der Waals surface area contributed by atoms with Crippen molar-refractivity contribution in [3.63, 3.8) is 0 Å². The van der Waals surface area contributed by atoms with E-state index in [9.17, 15) is 0 Å². The average Bonchev–Trinajstić information content (AvgIpc) is 2.67. The smallest absolute Gasteiger partial charge is 0.146 e. The van der Waals surface area contributed by atoms with Crippen LogP contribution in [0.2, 0.25) is 10.0 Å². The van der Waals surface area contributed by atoms with E-state index in [1.54, 1.807) is 6.07 Å². The standard InChI is InChI=1S/C21H20Cl2N2O/c22-17-9-7-16(18(23)13-17)14-26-19-6-4-5-15-8-10-20(24-21(15)19)25-11-2-1-3-12-25/h4-10,13H,1-3,11-12,14H2. The summed E-state index contributed by atoms with van der Waals surface area (Å²) in [4.78, 5) is 7.25. The lowest BCUT2D eigenvalue weighted by atomic mass is 10.1. The van der Waals surface area contributed by atoms with Crippen LogP contribution in [-0.4, -0.2) is 18.1 Å². The highest BCUT2D eigenvalue weighted by Crippen LogP contribution is 2.29. The molecule has 1 aliphatic heterocycles. The van der Waals surface area contributed by atoms with Crippen LogP contribution in [0.3, 0.4) is 0 Å². The van der Waals surface area contributed by atoms with Crippen molar-refractivity contribution in [3.05, 3.63) is 64.1 Å². The largest absolute Gasteiger partial charge is 0.487 e. The Morgan fingerprint density at radius 3 is 2.62 bits per heavy atom. The van der Waals surface area contributed by atoms with E-state index < -0.39 is 0 Å². The predicted octanol–water partition coefficient (Wildman–Crippen LogP) is 6.11. The van der Waals surface area contributed by atoms with Gasteiger partial charge >= 0.3 is 0 Å². The van der Waals surface area contributed by atoms with Gasteiger partial charge in [0.1, 0.15) is 23.7 Å². The zero-order chi connectivity index (χ0) is 17.9. The lowest BCUT2D eigenvalue weighted by Gasteiger charge is -2.28. The quantitative estimate of drug-likeness (QED) is 0.540. The van der Waals surface area contributed by atoms with E-state index in [1.165, 1.54) is 19.3 Å². The van der Waals surface area contributed by atoms with Crippen molar-refractivity contribution in [1.29, 1.82) is 0 Å². The third kappa shape index (κ3) is 3.74. The first-order valence-corrected chi connectivity index (χ1v) is 9.68. The van der Waals surface area contributed by atoms with Gasteiger partial charge in [-0.3, -0.25) is 0 Å². The van der Waals surface area contributed by atoms with Gasteiger partial charge < -0.3 is 9.64 Å². The molecule has 0 amide bonds. The van der Waals surface area contributed by atoms with Gasteiger partial charge in [-0.05, 0) is 49.6 Å². The molecule has 0 atom stereocenters. The maximum atomic E-state index is 6.25. The number of benzene rings is 2. The number of para-hydroxylation sites is 1. The molecular formula is C21H20Cl2N2O. The first-order chi connectivity index (χ1) is 12.7. The van der Waals surface area contributed by atoms with Crippen molar-refractivity contribution in [3.8, 4) is 5.75 Å². The number of fused-ring (bicyclic) bond motifs is 1. The van der Waals surface area contributed by atoms with Crippen LogP contribution in [-0.2, 0) is 6.61 Å². The third-order valence-corrected chi connectivity index (χ3v) is 5.33. The zero-order valence-corrected chi connectivity index (χ0v) is 15.9. The molecule has 1 fully saturated rings. The van der Waals surface area contributed by atoms with Gasteiger partial charge in [-0.15, -0.1) is 0 Å². The molecule has 3 aromatic rings. The normalized spacial score (nSPS) is 14.6. The van der Waals surface area contributed by atoms with Crippen LogP contribution in [0.4, 0.5) is 5.82 Å². The van der Waals surface area contributed by atoms with Crippen molar-refractivity contribution < 1.29 is 4.74 Å². The minimum absolute atomic E-state index is 0.380. The summed E-state index contributed by atoms with van der Waals surface area (Å²) in [6, 6.07) is 15.7. The van der Waals surface area contributed by atoms with Crippen molar-refractivity contribution in [2.45, 2.75) is 25.9 Å². The fourth-order valence-corrected chi connectivity index (χ4v) is 3.78. The fourth-order valence-electron chi connectivity index (χ4n) is 3.32. The molecule has 4 rings (SSSR count). The van der Waals surface area contributed by atoms with Crippen LogP contribution in [0.1, 0.15) is 24.8 Å². The summed E-state index contributed by atoms with van der Waals surface area (Å²) in [7, 11) is 0. The number of halogens is 2. The highest BCUT2D eigenvalue weighted by molar-refractivity contribution is 6.35. The lowest BCUT2D eigenvalue weighted by Crippen LogP contribution is -2.30. The molecule has 0 spiro atoms. The minimum atomic E-state index is 0.380. The SMILES string of the molecule is Clc1ccc(COc2cccc3ccc(N4CCCCC4)nc23)c(Cl)c1. The van der Waals surface area contributed by atoms with Crippen LogP contribution in [0.5, 0.6) is 5.75 Å². The number of piperidine rings is 1. The van der Waals surface area contributed by atoms with E-state index in [1.807, 2.05) is 24.3 Å². The topological polar surface area (TPSA) is 25.4 Å². The van der Waals surface area contributed by atoms with E-state index in [4.69, 9.17) is 32.9 Å². The van der Waals surface area contributed by atoms with Crippen molar-refractivity contribution in [2.75, 3.05) is 18.0 Å². The summed E-state index contributed by atoms with van der Waals surface area (Å²) in [6.45, 7) is 2.52. The molecule has 0 saturated carbocycles. The van der Waals surface area contributed by atoms with E-state index in [2.05, 4.69) is 23.1 Å². The Hall–Kier alpha value is -1.97. The van der Waals surface area contributed by atoms with Crippen molar-refractivity contribution >= 4 is 39.9 Å². The Morgan fingerprint density at radius 1 is 0.962 bits per heavy atom. The second-order valence-electron chi connectivity index (χ2n) is 6.57. The molecule has 1 aliphatic rings. The Bertz CT molecular complexity index is 923. The molecule has 3 nitrogen and oxygen atoms in total. The second kappa shape index (κ2) is 7.73. The molecule has 26 heavy (non-hydrogen) atoms. The van der Waals surface area contributed by atoms with Crippen LogP contribution in [0.25, 0.3) is 10.9 Å². The van der Waals surface area contributed by atoms with Crippen LogP contribution in [0, 0.1) is 0 Å². The molecule has 2 aromatic carbocycles. The highest BCUT2D eigenvalue weighted by atomic mass is 35.5. The maximum absolute atomic E-state index is 6.25. The summed E-state index contributed by atoms with van der Waals surface area (Å²) >= 11 is 12.2. The number of ether oxygens (including phenoxy) is 1. The zero-order valence-electron chi connectivity index (χ0n) is 14.4. The number of aromatic nitrogens is 1. The van der Waals surface area contributed by atoms with Crippen molar-refractivity contribution in [1.82, 2.24) is 4.98 Å². The Labute approximate surface area is 163 Å². The second-order valence-corrected chi connectivity index (χ2v) is 7.41. The van der Waals surface area contributed by atoms with Gasteiger partial charge in [0.15, 0.2) is 0 Å². The monoisotopic (exact) mass is 386 g/mol. The number of nitrogens with zero attached hydrogens (tertiary/aromatic N) is 2. The van der Waals surface area contributed by atoms with Gasteiger partial charge in [0.2, 0.25) is 0 Å². The predicted molar refractivity (Wildman–Crippen MR) is 109 cm³/mol. The van der Waals surface area contributed by atoms with Crippen LogP contribution < -0.4 is 9.64 Å². The molecule has 0 radical (unpaired) electrons. The Kier molecular flexibility index (Phi) is 5.18. The summed E-state index contributed by atoms with van der Waals surface area (Å²) in [5.74, 6) is 1.80. The lowest BCUT2D eigenvalue weighted by molar-refractivity contribution is 0.309. The summed E-state index contributed by atoms with van der Waals surface area (Å²) in [5, 5.41) is 2.31. The third-order valence-electron chi connectivity index (χ3n) is 4.75. The van der Waals surface area contributed by atoms with Gasteiger partial charge in [-0.25, -0.2) is 4.98 Å². The number of hydrogen-bond donors (Lipinski definition) is 0. The van der Waals surface area contributed by atoms with Crippen molar-refractivity contribution in [2.24, 2.45) is 0 Å². The van der Waals surface area contributed by atoms with Gasteiger partial charge in [0.05, 0.1) is 0 Å². The Balaban J connectivity index is 1.61. The summed E-state index contributed by atoms with van der Waals surface area (Å²) in [5.41, 5.74) is 1.79. The van der Waals surface area contributed by atoms with E-state index in [-0.39, 0.29) is 0 Å². The van der Waals surface area contributed by atoms with E-state index >= 15 is 0 Å². The summed E-state index contributed by atoms with van der Waals surface area (Å²) < 4.78 is 6.06. The number of anilines is 1. The van der Waals surface area contributed by atoms with E-state index in [0.717, 1.165) is 41.1 Å². The fraction of sp³-hybridized carbons (Fsp3) is 0.286. The molecule has 1 saturated heterocycles. The first-order valence-electron chi connectivity index (χ1n) is 8.92. The first kappa shape index (κ1) is 17.4. The van der Waals surface area contributed by atoms with Gasteiger partial charge in [-0.2, -0.15) is 0 Å². The molecule has 2 heterocycles. The molecular weight excluding hydrogens is 367 g/mol.